The summed E-state index contributed by atoms with van der Waals surface area (Å²) in [5, 5.41) is 11.5. The van der Waals surface area contributed by atoms with Gasteiger partial charge >= 0.3 is 5.97 Å². The molecule has 0 saturated heterocycles. The number of carbonyl (C=O) groups excluding carboxylic acids is 1. The number of carbonyl (C=O) groups is 2. The molecule has 98 valence electrons. The van der Waals surface area contributed by atoms with E-state index in [1.165, 1.54) is 0 Å². The van der Waals surface area contributed by atoms with Crippen LogP contribution in [0, 0.1) is 0 Å². The lowest BCUT2D eigenvalue weighted by Gasteiger charge is -2.13. The van der Waals surface area contributed by atoms with Gasteiger partial charge in [-0.3, -0.25) is 4.79 Å². The summed E-state index contributed by atoms with van der Waals surface area (Å²) in [6.45, 7) is 1.89. The third-order valence-electron chi connectivity index (χ3n) is 2.49. The van der Waals surface area contributed by atoms with Crippen molar-refractivity contribution >= 4 is 27.8 Å². The average Bonchev–Trinajstić information content (AvgIpc) is 2.31. The summed E-state index contributed by atoms with van der Waals surface area (Å²) in [5.41, 5.74) is 0.858. The van der Waals surface area contributed by atoms with Crippen molar-refractivity contribution in [1.82, 2.24) is 5.32 Å². The van der Waals surface area contributed by atoms with Gasteiger partial charge in [0.2, 0.25) is 5.91 Å². The van der Waals surface area contributed by atoms with Crippen LogP contribution in [-0.4, -0.2) is 23.0 Å². The van der Waals surface area contributed by atoms with Gasteiger partial charge in [0.05, 0.1) is 6.42 Å². The van der Waals surface area contributed by atoms with Crippen molar-refractivity contribution in [2.24, 2.45) is 0 Å². The molecule has 18 heavy (non-hydrogen) atoms. The second kappa shape index (κ2) is 7.16. The Balaban J connectivity index is 2.54. The van der Waals surface area contributed by atoms with Crippen LogP contribution in [0.2, 0.25) is 0 Å². The standard InChI is InChI=1S/C13H16BrNO3/c1-2-3-11(13(17)18)15-12(16)8-9-4-6-10(14)7-5-9/h4-7,11H,2-3,8H2,1H3,(H,15,16)(H,17,18). The van der Waals surface area contributed by atoms with E-state index in [4.69, 9.17) is 5.11 Å². The monoisotopic (exact) mass is 313 g/mol. The molecule has 0 aliphatic heterocycles. The van der Waals surface area contributed by atoms with E-state index in [-0.39, 0.29) is 12.3 Å². The maximum absolute atomic E-state index is 11.7. The van der Waals surface area contributed by atoms with Crippen LogP contribution < -0.4 is 5.32 Å². The van der Waals surface area contributed by atoms with Gasteiger partial charge in [-0.05, 0) is 24.1 Å². The fraction of sp³-hybridized carbons (Fsp3) is 0.385. The first-order chi connectivity index (χ1) is 8.52. The molecule has 0 aliphatic carbocycles. The predicted molar refractivity (Wildman–Crippen MR) is 72.3 cm³/mol. The van der Waals surface area contributed by atoms with Crippen LogP contribution in [0.5, 0.6) is 0 Å². The van der Waals surface area contributed by atoms with Crippen molar-refractivity contribution in [3.8, 4) is 0 Å². The van der Waals surface area contributed by atoms with Crippen molar-refractivity contribution in [2.75, 3.05) is 0 Å². The number of carboxylic acid groups (broad SMARTS) is 1. The van der Waals surface area contributed by atoms with Crippen LogP contribution in [-0.2, 0) is 16.0 Å². The lowest BCUT2D eigenvalue weighted by Crippen LogP contribution is -2.41. The van der Waals surface area contributed by atoms with E-state index >= 15 is 0 Å². The van der Waals surface area contributed by atoms with E-state index in [1.807, 2.05) is 31.2 Å². The Morgan fingerprint density at radius 1 is 1.33 bits per heavy atom. The van der Waals surface area contributed by atoms with Gasteiger partial charge in [-0.15, -0.1) is 0 Å². The van der Waals surface area contributed by atoms with Crippen LogP contribution in [0.3, 0.4) is 0 Å². The second-order valence-electron chi connectivity index (χ2n) is 4.05. The number of rotatable bonds is 6. The lowest BCUT2D eigenvalue weighted by molar-refractivity contribution is -0.141. The zero-order valence-electron chi connectivity index (χ0n) is 10.1. The fourth-order valence-electron chi connectivity index (χ4n) is 1.58. The van der Waals surface area contributed by atoms with Gasteiger partial charge in [-0.25, -0.2) is 4.79 Å². The zero-order valence-corrected chi connectivity index (χ0v) is 11.7. The molecule has 1 rings (SSSR count). The molecule has 0 heterocycles. The molecule has 0 saturated carbocycles. The zero-order chi connectivity index (χ0) is 13.5. The molecule has 1 amide bonds. The summed E-state index contributed by atoms with van der Waals surface area (Å²) >= 11 is 3.31. The van der Waals surface area contributed by atoms with Gasteiger partial charge in [0.1, 0.15) is 6.04 Å². The highest BCUT2D eigenvalue weighted by molar-refractivity contribution is 9.10. The van der Waals surface area contributed by atoms with Crippen LogP contribution in [0.4, 0.5) is 0 Å². The Hall–Kier alpha value is -1.36. The first-order valence-corrected chi connectivity index (χ1v) is 6.59. The molecule has 2 N–H and O–H groups in total. The molecule has 0 fully saturated rings. The number of hydrogen-bond acceptors (Lipinski definition) is 2. The normalized spacial score (nSPS) is 11.9. The highest BCUT2D eigenvalue weighted by atomic mass is 79.9. The summed E-state index contributed by atoms with van der Waals surface area (Å²) in [7, 11) is 0. The molecule has 1 aromatic carbocycles. The quantitative estimate of drug-likeness (QED) is 0.847. The molecule has 1 aromatic rings. The Labute approximate surface area is 115 Å². The molecular weight excluding hydrogens is 298 g/mol. The summed E-state index contributed by atoms with van der Waals surface area (Å²) in [4.78, 5) is 22.6. The molecule has 0 aromatic heterocycles. The van der Waals surface area contributed by atoms with Crippen molar-refractivity contribution in [3.05, 3.63) is 34.3 Å². The van der Waals surface area contributed by atoms with Crippen LogP contribution in [0.1, 0.15) is 25.3 Å². The van der Waals surface area contributed by atoms with E-state index in [2.05, 4.69) is 21.2 Å². The maximum atomic E-state index is 11.7. The first kappa shape index (κ1) is 14.7. The van der Waals surface area contributed by atoms with Gasteiger partial charge in [-0.2, -0.15) is 0 Å². The third kappa shape index (κ3) is 4.87. The van der Waals surface area contributed by atoms with Crippen LogP contribution >= 0.6 is 15.9 Å². The van der Waals surface area contributed by atoms with Crippen molar-refractivity contribution in [2.45, 2.75) is 32.2 Å². The van der Waals surface area contributed by atoms with Crippen molar-refractivity contribution in [3.63, 3.8) is 0 Å². The lowest BCUT2D eigenvalue weighted by atomic mass is 10.1. The molecular formula is C13H16BrNO3. The number of halogens is 1. The van der Waals surface area contributed by atoms with Crippen LogP contribution in [0.25, 0.3) is 0 Å². The maximum Gasteiger partial charge on any atom is 0.326 e. The highest BCUT2D eigenvalue weighted by Crippen LogP contribution is 2.11. The van der Waals surface area contributed by atoms with Gasteiger partial charge < -0.3 is 10.4 Å². The summed E-state index contributed by atoms with van der Waals surface area (Å²) < 4.78 is 0.945. The molecule has 0 aliphatic rings. The van der Waals surface area contributed by atoms with Gasteiger partial charge in [0.15, 0.2) is 0 Å². The number of amides is 1. The minimum Gasteiger partial charge on any atom is -0.480 e. The van der Waals surface area contributed by atoms with E-state index in [0.717, 1.165) is 16.5 Å². The van der Waals surface area contributed by atoms with E-state index in [1.54, 1.807) is 0 Å². The molecule has 4 nitrogen and oxygen atoms in total. The second-order valence-corrected chi connectivity index (χ2v) is 4.97. The van der Waals surface area contributed by atoms with E-state index in [0.29, 0.717) is 6.42 Å². The van der Waals surface area contributed by atoms with E-state index in [9.17, 15) is 9.59 Å². The van der Waals surface area contributed by atoms with Crippen molar-refractivity contribution in [1.29, 1.82) is 0 Å². The number of benzene rings is 1. The molecule has 0 spiro atoms. The summed E-state index contributed by atoms with van der Waals surface area (Å²) in [6, 6.07) is 6.57. The van der Waals surface area contributed by atoms with Gasteiger partial charge in [-0.1, -0.05) is 41.4 Å². The van der Waals surface area contributed by atoms with Gasteiger partial charge in [0.25, 0.3) is 0 Å². The highest BCUT2D eigenvalue weighted by Gasteiger charge is 2.18. The molecule has 0 radical (unpaired) electrons. The number of hydrogen-bond donors (Lipinski definition) is 2. The summed E-state index contributed by atoms with van der Waals surface area (Å²) in [6.07, 6.45) is 1.36. The first-order valence-electron chi connectivity index (χ1n) is 5.79. The SMILES string of the molecule is CCCC(NC(=O)Cc1ccc(Br)cc1)C(=O)O. The Bertz CT molecular complexity index is 417. The minimum atomic E-state index is -0.985. The minimum absolute atomic E-state index is 0.195. The predicted octanol–water partition coefficient (Wildman–Crippen LogP) is 2.36. The third-order valence-corrected chi connectivity index (χ3v) is 3.02. The van der Waals surface area contributed by atoms with Gasteiger partial charge in [0, 0.05) is 4.47 Å². The Kier molecular flexibility index (Phi) is 5.85. The molecule has 1 unspecified atom stereocenters. The molecule has 5 heteroatoms. The topological polar surface area (TPSA) is 66.4 Å². The smallest absolute Gasteiger partial charge is 0.326 e. The van der Waals surface area contributed by atoms with Crippen molar-refractivity contribution < 1.29 is 14.7 Å². The Morgan fingerprint density at radius 3 is 2.44 bits per heavy atom. The fourth-order valence-corrected chi connectivity index (χ4v) is 1.84. The van der Waals surface area contributed by atoms with E-state index < -0.39 is 12.0 Å². The molecule has 0 bridgehead atoms. The average molecular weight is 314 g/mol. The molecule has 1 atom stereocenters. The van der Waals surface area contributed by atoms with Crippen LogP contribution in [0.15, 0.2) is 28.7 Å². The number of carboxylic acids is 1. The number of aliphatic carboxylic acids is 1. The Morgan fingerprint density at radius 2 is 1.94 bits per heavy atom. The number of nitrogens with one attached hydrogen (secondary N) is 1. The largest absolute Gasteiger partial charge is 0.480 e. The summed E-state index contributed by atoms with van der Waals surface area (Å²) in [5.74, 6) is -1.25.